The average Bonchev–Trinajstić information content (AvgIpc) is 3.44. The fourth-order valence-corrected chi connectivity index (χ4v) is 3.31. The number of hydrogen-bond donors (Lipinski definition) is 1. The molecule has 124 valence electrons. The first-order valence-electron chi connectivity index (χ1n) is 7.78. The summed E-state index contributed by atoms with van der Waals surface area (Å²) < 4.78 is 0. The monoisotopic (exact) mass is 342 g/mol. The van der Waals surface area contributed by atoms with Crippen LogP contribution >= 0.6 is 11.8 Å². The summed E-state index contributed by atoms with van der Waals surface area (Å²) in [5.41, 5.74) is 1.36. The first-order valence-corrected chi connectivity index (χ1v) is 9.01. The van der Waals surface area contributed by atoms with E-state index in [0.29, 0.717) is 16.4 Å². The normalized spacial score (nSPS) is 14.9. The molecule has 1 aliphatic carbocycles. The van der Waals surface area contributed by atoms with Crippen molar-refractivity contribution >= 4 is 23.4 Å². The minimum absolute atomic E-state index is 0.0298. The summed E-state index contributed by atoms with van der Waals surface area (Å²) >= 11 is 1.30. The van der Waals surface area contributed by atoms with Crippen molar-refractivity contribution < 1.29 is 9.72 Å². The first-order chi connectivity index (χ1) is 11.6. The van der Waals surface area contributed by atoms with Crippen molar-refractivity contribution in [3.63, 3.8) is 0 Å². The molecule has 0 heterocycles. The molecule has 0 aliphatic heterocycles. The highest BCUT2D eigenvalue weighted by molar-refractivity contribution is 7.98. The predicted octanol–water partition coefficient (Wildman–Crippen LogP) is 4.20. The Hall–Kier alpha value is -2.34. The molecular formula is C18H18N2O3S. The van der Waals surface area contributed by atoms with Gasteiger partial charge in [-0.2, -0.15) is 0 Å². The molecular weight excluding hydrogens is 324 g/mol. The maximum absolute atomic E-state index is 12.6. The Bertz CT molecular complexity index is 760. The number of amides is 1. The van der Waals surface area contributed by atoms with Gasteiger partial charge in [0.15, 0.2) is 0 Å². The van der Waals surface area contributed by atoms with Gasteiger partial charge in [0.05, 0.1) is 15.9 Å². The zero-order chi connectivity index (χ0) is 17.1. The summed E-state index contributed by atoms with van der Waals surface area (Å²) in [6, 6.07) is 14.4. The first kappa shape index (κ1) is 16.5. The van der Waals surface area contributed by atoms with E-state index in [0.717, 1.165) is 18.4 Å². The molecule has 2 aromatic rings. The highest BCUT2D eigenvalue weighted by Crippen LogP contribution is 2.41. The van der Waals surface area contributed by atoms with E-state index in [-0.39, 0.29) is 17.6 Å². The number of nitrogens with zero attached hydrogens (tertiary/aromatic N) is 1. The van der Waals surface area contributed by atoms with Crippen molar-refractivity contribution in [1.29, 1.82) is 0 Å². The van der Waals surface area contributed by atoms with Crippen molar-refractivity contribution in [2.75, 3.05) is 6.26 Å². The van der Waals surface area contributed by atoms with Crippen molar-refractivity contribution in [2.24, 2.45) is 5.92 Å². The Kier molecular flexibility index (Phi) is 4.85. The molecule has 0 aromatic heterocycles. The van der Waals surface area contributed by atoms with Crippen molar-refractivity contribution in [3.8, 4) is 0 Å². The number of nitro benzene ring substituents is 1. The van der Waals surface area contributed by atoms with Gasteiger partial charge in [-0.1, -0.05) is 30.3 Å². The van der Waals surface area contributed by atoms with Gasteiger partial charge in [0, 0.05) is 11.6 Å². The van der Waals surface area contributed by atoms with Crippen LogP contribution in [0.15, 0.2) is 53.4 Å². The van der Waals surface area contributed by atoms with Crippen molar-refractivity contribution in [1.82, 2.24) is 5.32 Å². The van der Waals surface area contributed by atoms with Crippen molar-refractivity contribution in [3.05, 3.63) is 69.8 Å². The number of rotatable bonds is 6. The van der Waals surface area contributed by atoms with Crippen LogP contribution in [0, 0.1) is 16.0 Å². The highest BCUT2D eigenvalue weighted by atomic mass is 32.2. The summed E-state index contributed by atoms with van der Waals surface area (Å²) in [6.07, 6.45) is 3.96. The average molecular weight is 342 g/mol. The summed E-state index contributed by atoms with van der Waals surface area (Å²) in [4.78, 5) is 23.9. The molecule has 6 heteroatoms. The minimum Gasteiger partial charge on any atom is -0.345 e. The number of nitrogens with one attached hydrogen (secondary N) is 1. The van der Waals surface area contributed by atoms with E-state index in [1.54, 1.807) is 18.4 Å². The van der Waals surface area contributed by atoms with E-state index in [2.05, 4.69) is 5.32 Å². The third kappa shape index (κ3) is 3.59. The third-order valence-corrected chi connectivity index (χ3v) is 4.96. The second kappa shape index (κ2) is 7.05. The molecule has 0 unspecified atom stereocenters. The van der Waals surface area contributed by atoms with Crippen LogP contribution < -0.4 is 5.32 Å². The van der Waals surface area contributed by atoms with Crippen LogP contribution in [-0.4, -0.2) is 17.1 Å². The van der Waals surface area contributed by atoms with Gasteiger partial charge < -0.3 is 5.32 Å². The lowest BCUT2D eigenvalue weighted by Crippen LogP contribution is -2.29. The van der Waals surface area contributed by atoms with Crippen LogP contribution in [0.4, 0.5) is 5.69 Å². The molecule has 1 saturated carbocycles. The van der Waals surface area contributed by atoms with Crippen LogP contribution in [-0.2, 0) is 0 Å². The molecule has 1 amide bonds. The van der Waals surface area contributed by atoms with Crippen LogP contribution in [0.3, 0.4) is 0 Å². The van der Waals surface area contributed by atoms with Gasteiger partial charge in [-0.05, 0) is 42.7 Å². The smallest absolute Gasteiger partial charge is 0.283 e. The lowest BCUT2D eigenvalue weighted by molar-refractivity contribution is -0.387. The van der Waals surface area contributed by atoms with E-state index in [1.165, 1.54) is 17.8 Å². The van der Waals surface area contributed by atoms with Gasteiger partial charge in [0.25, 0.3) is 11.6 Å². The Morgan fingerprint density at radius 2 is 1.96 bits per heavy atom. The van der Waals surface area contributed by atoms with Crippen LogP contribution in [0.2, 0.25) is 0 Å². The molecule has 0 radical (unpaired) electrons. The Morgan fingerprint density at radius 3 is 2.54 bits per heavy atom. The molecule has 1 N–H and O–H groups in total. The molecule has 3 rings (SSSR count). The van der Waals surface area contributed by atoms with Crippen molar-refractivity contribution in [2.45, 2.75) is 23.8 Å². The number of nitro groups is 1. The second-order valence-corrected chi connectivity index (χ2v) is 6.69. The quantitative estimate of drug-likeness (QED) is 0.485. The third-order valence-electron chi connectivity index (χ3n) is 4.18. The number of thioether (sulfide) groups is 1. The molecule has 2 aromatic carbocycles. The lowest BCUT2D eigenvalue weighted by atomic mass is 10.0. The number of hydrogen-bond acceptors (Lipinski definition) is 4. The van der Waals surface area contributed by atoms with Gasteiger partial charge in [0.2, 0.25) is 0 Å². The molecule has 1 atom stereocenters. The molecule has 5 nitrogen and oxygen atoms in total. The lowest BCUT2D eigenvalue weighted by Gasteiger charge is -2.19. The fourth-order valence-electron chi connectivity index (χ4n) is 2.76. The SMILES string of the molecule is CSc1ccc(C(=O)N[C@H](c2ccccc2)C2CC2)cc1[N+](=O)[O-]. The minimum atomic E-state index is -0.446. The molecule has 0 spiro atoms. The Morgan fingerprint density at radius 1 is 1.25 bits per heavy atom. The second-order valence-electron chi connectivity index (χ2n) is 5.84. The van der Waals surface area contributed by atoms with Crippen LogP contribution in [0.25, 0.3) is 0 Å². The maximum atomic E-state index is 12.6. The van der Waals surface area contributed by atoms with E-state index in [1.807, 2.05) is 30.3 Å². The molecule has 1 aliphatic rings. The summed E-state index contributed by atoms with van der Waals surface area (Å²) in [5.74, 6) is 0.170. The highest BCUT2D eigenvalue weighted by Gasteiger charge is 2.33. The zero-order valence-corrected chi connectivity index (χ0v) is 14.1. The summed E-state index contributed by atoms with van der Waals surface area (Å²) in [6.45, 7) is 0. The maximum Gasteiger partial charge on any atom is 0.283 e. The summed E-state index contributed by atoms with van der Waals surface area (Å²) in [5, 5.41) is 14.2. The Balaban J connectivity index is 1.83. The van der Waals surface area contributed by atoms with Crippen LogP contribution in [0.1, 0.15) is 34.8 Å². The van der Waals surface area contributed by atoms with E-state index < -0.39 is 4.92 Å². The number of carbonyl (C=O) groups is 1. The molecule has 0 bridgehead atoms. The molecule has 24 heavy (non-hydrogen) atoms. The number of benzene rings is 2. The fraction of sp³-hybridized carbons (Fsp3) is 0.278. The van der Waals surface area contributed by atoms with Gasteiger partial charge in [-0.3, -0.25) is 14.9 Å². The molecule has 0 saturated heterocycles. The van der Waals surface area contributed by atoms with Gasteiger partial charge in [-0.25, -0.2) is 0 Å². The van der Waals surface area contributed by atoms with E-state index >= 15 is 0 Å². The van der Waals surface area contributed by atoms with E-state index in [9.17, 15) is 14.9 Å². The van der Waals surface area contributed by atoms with Gasteiger partial charge in [0.1, 0.15) is 0 Å². The van der Waals surface area contributed by atoms with Gasteiger partial charge >= 0.3 is 0 Å². The van der Waals surface area contributed by atoms with Crippen LogP contribution in [0.5, 0.6) is 0 Å². The summed E-state index contributed by atoms with van der Waals surface area (Å²) in [7, 11) is 0. The largest absolute Gasteiger partial charge is 0.345 e. The standard InChI is InChI=1S/C18H18N2O3S/c1-24-16-10-9-14(11-15(16)20(22)23)18(21)19-17(13-7-8-13)12-5-3-2-4-6-12/h2-6,9-11,13,17H,7-8H2,1H3,(H,19,21)/t17-/m1/s1. The van der Waals surface area contributed by atoms with Gasteiger partial charge in [-0.15, -0.1) is 11.8 Å². The predicted molar refractivity (Wildman–Crippen MR) is 94.3 cm³/mol. The topological polar surface area (TPSA) is 72.2 Å². The Labute approximate surface area is 144 Å². The molecule has 1 fully saturated rings. The number of carbonyl (C=O) groups excluding carboxylic acids is 1. The zero-order valence-electron chi connectivity index (χ0n) is 13.3. The van der Waals surface area contributed by atoms with E-state index in [4.69, 9.17) is 0 Å².